The van der Waals surface area contributed by atoms with Crippen LogP contribution in [0.5, 0.6) is 5.75 Å². The summed E-state index contributed by atoms with van der Waals surface area (Å²) in [6.07, 6.45) is 0.489. The highest BCUT2D eigenvalue weighted by molar-refractivity contribution is 5.36. The van der Waals surface area contributed by atoms with Crippen LogP contribution in [0.25, 0.3) is 0 Å². The van der Waals surface area contributed by atoms with E-state index in [0.29, 0.717) is 19.1 Å². The zero-order valence-corrected chi connectivity index (χ0v) is 12.1. The second-order valence-electron chi connectivity index (χ2n) is 5.68. The van der Waals surface area contributed by atoms with Crippen molar-refractivity contribution < 1.29 is 14.6 Å². The normalized spacial score (nSPS) is 20.8. The van der Waals surface area contributed by atoms with E-state index in [2.05, 4.69) is 26.8 Å². The molecule has 0 spiro atoms. The molecule has 1 aromatic rings. The third kappa shape index (κ3) is 3.71. The molecule has 0 aromatic heterocycles. The van der Waals surface area contributed by atoms with E-state index in [1.807, 2.05) is 12.1 Å². The number of aliphatic hydroxyl groups is 1. The van der Waals surface area contributed by atoms with Crippen molar-refractivity contribution in [2.24, 2.45) is 5.92 Å². The van der Waals surface area contributed by atoms with Crippen molar-refractivity contribution in [3.8, 4) is 5.75 Å². The smallest absolute Gasteiger partial charge is 0.119 e. The first-order chi connectivity index (χ1) is 9.08. The second-order valence-corrected chi connectivity index (χ2v) is 5.68. The number of benzene rings is 1. The average molecular weight is 264 g/mol. The topological polar surface area (TPSA) is 38.7 Å². The van der Waals surface area contributed by atoms with E-state index in [4.69, 9.17) is 9.47 Å². The molecule has 0 amide bonds. The predicted octanol–water partition coefficient (Wildman–Crippen LogP) is 2.89. The molecule has 1 aliphatic rings. The number of rotatable bonds is 5. The summed E-state index contributed by atoms with van der Waals surface area (Å²) in [5.74, 6) is 1.58. The summed E-state index contributed by atoms with van der Waals surface area (Å²) >= 11 is 0. The van der Waals surface area contributed by atoms with Crippen molar-refractivity contribution in [3.63, 3.8) is 0 Å². The SMILES string of the molecule is Cc1cc(OCC(O)C2CCOC2)ccc1C(C)C. The molecule has 1 saturated heterocycles. The first-order valence-corrected chi connectivity index (χ1v) is 7.07. The average Bonchev–Trinajstić information content (AvgIpc) is 2.89. The predicted molar refractivity (Wildman–Crippen MR) is 75.7 cm³/mol. The highest BCUT2D eigenvalue weighted by Crippen LogP contribution is 2.24. The molecule has 0 radical (unpaired) electrons. The standard InChI is InChI=1S/C16H24O3/c1-11(2)15-5-4-14(8-12(15)3)19-10-16(17)13-6-7-18-9-13/h4-5,8,11,13,16-17H,6-7,9-10H2,1-3H3. The molecule has 0 aliphatic carbocycles. The van der Waals surface area contributed by atoms with Crippen LogP contribution in [0.4, 0.5) is 0 Å². The molecular formula is C16H24O3. The molecule has 19 heavy (non-hydrogen) atoms. The Morgan fingerprint density at radius 2 is 2.21 bits per heavy atom. The molecule has 2 rings (SSSR count). The molecule has 2 atom stereocenters. The summed E-state index contributed by atoms with van der Waals surface area (Å²) in [6.45, 7) is 8.22. The van der Waals surface area contributed by atoms with Gasteiger partial charge in [-0.3, -0.25) is 0 Å². The molecule has 2 unspecified atom stereocenters. The second kappa shape index (κ2) is 6.40. The van der Waals surface area contributed by atoms with Gasteiger partial charge in [-0.05, 0) is 42.5 Å². The number of hydrogen-bond acceptors (Lipinski definition) is 3. The van der Waals surface area contributed by atoms with Crippen LogP contribution in [-0.4, -0.2) is 31.0 Å². The van der Waals surface area contributed by atoms with Crippen LogP contribution >= 0.6 is 0 Å². The fourth-order valence-corrected chi connectivity index (χ4v) is 2.56. The lowest BCUT2D eigenvalue weighted by molar-refractivity contribution is 0.0499. The third-order valence-corrected chi connectivity index (χ3v) is 3.79. The van der Waals surface area contributed by atoms with Crippen LogP contribution in [0.1, 0.15) is 37.3 Å². The maximum Gasteiger partial charge on any atom is 0.119 e. The Morgan fingerprint density at radius 1 is 1.42 bits per heavy atom. The van der Waals surface area contributed by atoms with Crippen molar-refractivity contribution in [2.75, 3.05) is 19.8 Å². The first kappa shape index (κ1) is 14.4. The molecule has 1 N–H and O–H groups in total. The van der Waals surface area contributed by atoms with Crippen LogP contribution in [0.15, 0.2) is 18.2 Å². The van der Waals surface area contributed by atoms with Crippen molar-refractivity contribution in [3.05, 3.63) is 29.3 Å². The minimum Gasteiger partial charge on any atom is -0.491 e. The van der Waals surface area contributed by atoms with Gasteiger partial charge in [-0.15, -0.1) is 0 Å². The molecule has 1 aliphatic heterocycles. The summed E-state index contributed by atoms with van der Waals surface area (Å²) in [7, 11) is 0. The van der Waals surface area contributed by atoms with Gasteiger partial charge in [0.1, 0.15) is 12.4 Å². The van der Waals surface area contributed by atoms with Gasteiger partial charge in [0.2, 0.25) is 0 Å². The van der Waals surface area contributed by atoms with E-state index in [-0.39, 0.29) is 5.92 Å². The Labute approximate surface area is 115 Å². The maximum atomic E-state index is 10.0. The lowest BCUT2D eigenvalue weighted by Gasteiger charge is -2.18. The Kier molecular flexibility index (Phi) is 4.83. The summed E-state index contributed by atoms with van der Waals surface area (Å²) in [5.41, 5.74) is 2.59. The molecule has 1 fully saturated rings. The molecule has 3 heteroatoms. The van der Waals surface area contributed by atoms with Gasteiger partial charge in [0.15, 0.2) is 0 Å². The summed E-state index contributed by atoms with van der Waals surface area (Å²) in [6, 6.07) is 6.15. The zero-order valence-electron chi connectivity index (χ0n) is 12.1. The number of aryl methyl sites for hydroxylation is 1. The Hall–Kier alpha value is -1.06. The highest BCUT2D eigenvalue weighted by atomic mass is 16.5. The fourth-order valence-electron chi connectivity index (χ4n) is 2.56. The van der Waals surface area contributed by atoms with Crippen LogP contribution in [0, 0.1) is 12.8 Å². The van der Waals surface area contributed by atoms with Gasteiger partial charge in [-0.2, -0.15) is 0 Å². The Balaban J connectivity index is 1.90. The van der Waals surface area contributed by atoms with Crippen molar-refractivity contribution >= 4 is 0 Å². The molecule has 0 saturated carbocycles. The van der Waals surface area contributed by atoms with E-state index in [1.165, 1.54) is 11.1 Å². The largest absolute Gasteiger partial charge is 0.491 e. The van der Waals surface area contributed by atoms with Gasteiger partial charge in [0.05, 0.1) is 12.7 Å². The van der Waals surface area contributed by atoms with E-state index >= 15 is 0 Å². The van der Waals surface area contributed by atoms with Gasteiger partial charge in [0, 0.05) is 12.5 Å². The summed E-state index contributed by atoms with van der Waals surface area (Å²) in [5, 5.41) is 10.0. The maximum absolute atomic E-state index is 10.0. The van der Waals surface area contributed by atoms with Gasteiger partial charge in [0.25, 0.3) is 0 Å². The van der Waals surface area contributed by atoms with Crippen molar-refractivity contribution in [1.82, 2.24) is 0 Å². The summed E-state index contributed by atoms with van der Waals surface area (Å²) < 4.78 is 11.0. The number of hydrogen-bond donors (Lipinski definition) is 1. The van der Waals surface area contributed by atoms with Gasteiger partial charge >= 0.3 is 0 Å². The minimum absolute atomic E-state index is 0.219. The molecule has 0 bridgehead atoms. The summed E-state index contributed by atoms with van der Waals surface area (Å²) in [4.78, 5) is 0. The first-order valence-electron chi connectivity index (χ1n) is 7.07. The monoisotopic (exact) mass is 264 g/mol. The van der Waals surface area contributed by atoms with E-state index in [9.17, 15) is 5.11 Å². The lowest BCUT2D eigenvalue weighted by Crippen LogP contribution is -2.27. The molecule has 1 heterocycles. The number of aliphatic hydroxyl groups excluding tert-OH is 1. The molecular weight excluding hydrogens is 240 g/mol. The quantitative estimate of drug-likeness (QED) is 0.888. The van der Waals surface area contributed by atoms with Crippen LogP contribution < -0.4 is 4.74 Å². The molecule has 3 nitrogen and oxygen atoms in total. The van der Waals surface area contributed by atoms with Crippen LogP contribution in [0.2, 0.25) is 0 Å². The van der Waals surface area contributed by atoms with Crippen LogP contribution in [-0.2, 0) is 4.74 Å². The minimum atomic E-state index is -0.437. The Morgan fingerprint density at radius 3 is 2.79 bits per heavy atom. The molecule has 106 valence electrons. The third-order valence-electron chi connectivity index (χ3n) is 3.79. The van der Waals surface area contributed by atoms with Crippen molar-refractivity contribution in [1.29, 1.82) is 0 Å². The van der Waals surface area contributed by atoms with Crippen LogP contribution in [0.3, 0.4) is 0 Å². The van der Waals surface area contributed by atoms with Crippen molar-refractivity contribution in [2.45, 2.75) is 39.2 Å². The zero-order chi connectivity index (χ0) is 13.8. The van der Waals surface area contributed by atoms with Gasteiger partial charge in [-0.1, -0.05) is 19.9 Å². The fraction of sp³-hybridized carbons (Fsp3) is 0.625. The number of ether oxygens (including phenoxy) is 2. The highest BCUT2D eigenvalue weighted by Gasteiger charge is 2.24. The van der Waals surface area contributed by atoms with Gasteiger partial charge in [-0.25, -0.2) is 0 Å². The van der Waals surface area contributed by atoms with E-state index in [0.717, 1.165) is 18.8 Å². The van der Waals surface area contributed by atoms with Gasteiger partial charge < -0.3 is 14.6 Å². The molecule has 1 aromatic carbocycles. The van der Waals surface area contributed by atoms with E-state index in [1.54, 1.807) is 0 Å². The Bertz CT molecular complexity index is 408. The van der Waals surface area contributed by atoms with E-state index < -0.39 is 6.10 Å². The lowest BCUT2D eigenvalue weighted by atomic mass is 9.98.